The summed E-state index contributed by atoms with van der Waals surface area (Å²) in [6.07, 6.45) is 4.03. The first-order chi connectivity index (χ1) is 11.2. The van der Waals surface area contributed by atoms with Crippen molar-refractivity contribution in [1.82, 2.24) is 14.3 Å². The van der Waals surface area contributed by atoms with Crippen LogP contribution in [-0.4, -0.2) is 33.4 Å². The maximum atomic E-state index is 6.40. The second kappa shape index (κ2) is 7.23. The molecule has 3 heterocycles. The number of benzene rings is 1. The molecule has 0 saturated carbocycles. The Morgan fingerprint density at radius 3 is 2.71 bits per heavy atom. The Labute approximate surface area is 156 Å². The van der Waals surface area contributed by atoms with Gasteiger partial charge in [0.25, 0.3) is 0 Å². The molecule has 0 bridgehead atoms. The van der Waals surface area contributed by atoms with Gasteiger partial charge in [-0.05, 0) is 33.6 Å². The number of hydrogen-bond donors (Lipinski definition) is 1. The van der Waals surface area contributed by atoms with Gasteiger partial charge >= 0.3 is 0 Å². The highest BCUT2D eigenvalue weighted by Crippen LogP contribution is 2.27. The zero-order chi connectivity index (χ0) is 15.8. The summed E-state index contributed by atoms with van der Waals surface area (Å²) < 4.78 is 3.20. The fourth-order valence-corrected chi connectivity index (χ4v) is 3.78. The van der Waals surface area contributed by atoms with Crippen molar-refractivity contribution in [1.29, 1.82) is 0 Å². The Hall–Kier alpha value is -1.40. The van der Waals surface area contributed by atoms with Crippen LogP contribution in [0.15, 0.2) is 59.3 Å². The van der Waals surface area contributed by atoms with E-state index in [1.165, 1.54) is 11.3 Å². The maximum absolute atomic E-state index is 6.40. The molecule has 1 aliphatic rings. The molecule has 2 N–H and O–H groups in total. The number of pyridine rings is 1. The van der Waals surface area contributed by atoms with Crippen LogP contribution < -0.4 is 5.73 Å². The highest BCUT2D eigenvalue weighted by molar-refractivity contribution is 9.10. The quantitative estimate of drug-likeness (QED) is 0.723. The molecule has 1 fully saturated rings. The Bertz CT molecular complexity index is 820. The standard InChI is InChI=1S/C18H19BrN4.ClH/c19-14-6-7-18-21-8-15(23(18)9-14)10-22-11-16(17(20)12-22)13-4-2-1-3-5-13;/h1-9,16-17H,10-12,20H2;1H/t16-,17+;/m0./s1. The Kier molecular flexibility index (Phi) is 5.25. The van der Waals surface area contributed by atoms with Gasteiger partial charge in [-0.3, -0.25) is 4.90 Å². The molecule has 0 spiro atoms. The number of hydrogen-bond acceptors (Lipinski definition) is 3. The normalized spacial score (nSPS) is 21.1. The third-order valence-electron chi connectivity index (χ3n) is 4.60. The van der Waals surface area contributed by atoms with Crippen LogP contribution in [0.4, 0.5) is 0 Å². The van der Waals surface area contributed by atoms with E-state index in [4.69, 9.17) is 5.73 Å². The lowest BCUT2D eigenvalue weighted by Gasteiger charge is -2.16. The lowest BCUT2D eigenvalue weighted by atomic mass is 9.95. The number of nitrogens with zero attached hydrogens (tertiary/aromatic N) is 3. The molecule has 126 valence electrons. The van der Waals surface area contributed by atoms with Crippen molar-refractivity contribution in [3.05, 3.63) is 70.6 Å². The van der Waals surface area contributed by atoms with Gasteiger partial charge in [-0.15, -0.1) is 12.4 Å². The van der Waals surface area contributed by atoms with Crippen LogP contribution in [0.1, 0.15) is 17.2 Å². The third kappa shape index (κ3) is 3.35. The Morgan fingerprint density at radius 2 is 1.92 bits per heavy atom. The predicted molar refractivity (Wildman–Crippen MR) is 103 cm³/mol. The summed E-state index contributed by atoms with van der Waals surface area (Å²) in [5.74, 6) is 0.405. The first-order valence-corrected chi connectivity index (χ1v) is 8.64. The minimum Gasteiger partial charge on any atom is -0.326 e. The van der Waals surface area contributed by atoms with Crippen molar-refractivity contribution in [2.75, 3.05) is 13.1 Å². The molecule has 3 aromatic rings. The van der Waals surface area contributed by atoms with Crippen LogP contribution in [0.2, 0.25) is 0 Å². The van der Waals surface area contributed by atoms with Gasteiger partial charge in [-0.1, -0.05) is 30.3 Å². The maximum Gasteiger partial charge on any atom is 0.136 e. The summed E-state index contributed by atoms with van der Waals surface area (Å²) in [6, 6.07) is 14.8. The van der Waals surface area contributed by atoms with E-state index in [1.54, 1.807) is 0 Å². The number of aromatic nitrogens is 2. The number of fused-ring (bicyclic) bond motifs is 1. The third-order valence-corrected chi connectivity index (χ3v) is 5.07. The lowest BCUT2D eigenvalue weighted by molar-refractivity contribution is 0.319. The lowest BCUT2D eigenvalue weighted by Crippen LogP contribution is -2.28. The number of likely N-dealkylation sites (tertiary alicyclic amines) is 1. The first-order valence-electron chi connectivity index (χ1n) is 7.85. The molecule has 1 aliphatic heterocycles. The largest absolute Gasteiger partial charge is 0.326 e. The number of nitrogens with two attached hydrogens (primary N) is 1. The summed E-state index contributed by atoms with van der Waals surface area (Å²) in [5.41, 5.74) is 9.91. The zero-order valence-corrected chi connectivity index (χ0v) is 15.6. The average Bonchev–Trinajstić information content (AvgIpc) is 3.12. The second-order valence-corrected chi connectivity index (χ2v) is 7.12. The molecule has 4 nitrogen and oxygen atoms in total. The molecule has 4 rings (SSSR count). The fourth-order valence-electron chi connectivity index (χ4n) is 3.45. The van der Waals surface area contributed by atoms with Crippen LogP contribution in [0, 0.1) is 0 Å². The van der Waals surface area contributed by atoms with Gasteiger partial charge in [0, 0.05) is 42.3 Å². The van der Waals surface area contributed by atoms with Crippen LogP contribution in [0.3, 0.4) is 0 Å². The van der Waals surface area contributed by atoms with E-state index in [9.17, 15) is 0 Å². The molecular formula is C18H20BrClN4. The molecule has 2 atom stereocenters. The SMILES string of the molecule is Cl.N[C@@H]1CN(Cc2cnc3ccc(Br)cn23)C[C@H]1c1ccccc1. The molecule has 24 heavy (non-hydrogen) atoms. The Morgan fingerprint density at radius 1 is 1.12 bits per heavy atom. The minimum absolute atomic E-state index is 0. The van der Waals surface area contributed by atoms with Crippen molar-refractivity contribution < 1.29 is 0 Å². The van der Waals surface area contributed by atoms with Gasteiger partial charge in [0.05, 0.1) is 11.9 Å². The topological polar surface area (TPSA) is 46.6 Å². The smallest absolute Gasteiger partial charge is 0.136 e. The first kappa shape index (κ1) is 17.4. The molecule has 6 heteroatoms. The molecular weight excluding hydrogens is 388 g/mol. The Balaban J connectivity index is 0.00000169. The van der Waals surface area contributed by atoms with Crippen LogP contribution in [0.25, 0.3) is 5.65 Å². The number of halogens is 2. The fraction of sp³-hybridized carbons (Fsp3) is 0.278. The van der Waals surface area contributed by atoms with Gasteiger partial charge in [0.1, 0.15) is 5.65 Å². The molecule has 2 aromatic heterocycles. The molecule has 0 aliphatic carbocycles. The molecule has 0 amide bonds. The van der Waals surface area contributed by atoms with E-state index in [0.29, 0.717) is 5.92 Å². The van der Waals surface area contributed by atoms with Gasteiger partial charge in [0.2, 0.25) is 0 Å². The summed E-state index contributed by atoms with van der Waals surface area (Å²) in [5, 5.41) is 0. The zero-order valence-electron chi connectivity index (χ0n) is 13.2. The highest BCUT2D eigenvalue weighted by atomic mass is 79.9. The molecule has 0 radical (unpaired) electrons. The summed E-state index contributed by atoms with van der Waals surface area (Å²) in [6.45, 7) is 2.78. The predicted octanol–water partition coefficient (Wildman–Crippen LogP) is 3.45. The van der Waals surface area contributed by atoms with E-state index in [0.717, 1.165) is 29.8 Å². The van der Waals surface area contributed by atoms with E-state index in [2.05, 4.69) is 66.7 Å². The van der Waals surface area contributed by atoms with Crippen molar-refractivity contribution in [2.24, 2.45) is 5.73 Å². The van der Waals surface area contributed by atoms with Crippen LogP contribution >= 0.6 is 28.3 Å². The molecule has 1 saturated heterocycles. The van der Waals surface area contributed by atoms with Gasteiger partial charge in [-0.2, -0.15) is 0 Å². The van der Waals surface area contributed by atoms with Crippen molar-refractivity contribution in [3.63, 3.8) is 0 Å². The van der Waals surface area contributed by atoms with Crippen molar-refractivity contribution in [2.45, 2.75) is 18.5 Å². The van der Waals surface area contributed by atoms with Gasteiger partial charge in [-0.25, -0.2) is 4.98 Å². The van der Waals surface area contributed by atoms with Crippen LogP contribution in [-0.2, 0) is 6.54 Å². The second-order valence-electron chi connectivity index (χ2n) is 6.20. The van der Waals surface area contributed by atoms with Crippen molar-refractivity contribution >= 4 is 34.0 Å². The molecule has 0 unspecified atom stereocenters. The van der Waals surface area contributed by atoms with Gasteiger partial charge in [0.15, 0.2) is 0 Å². The number of rotatable bonds is 3. The van der Waals surface area contributed by atoms with E-state index >= 15 is 0 Å². The minimum atomic E-state index is 0. The van der Waals surface area contributed by atoms with Crippen molar-refractivity contribution in [3.8, 4) is 0 Å². The van der Waals surface area contributed by atoms with Gasteiger partial charge < -0.3 is 10.1 Å². The highest BCUT2D eigenvalue weighted by Gasteiger charge is 2.31. The summed E-state index contributed by atoms with van der Waals surface area (Å²) in [4.78, 5) is 6.91. The summed E-state index contributed by atoms with van der Waals surface area (Å²) in [7, 11) is 0. The monoisotopic (exact) mass is 406 g/mol. The van der Waals surface area contributed by atoms with Crippen LogP contribution in [0.5, 0.6) is 0 Å². The van der Waals surface area contributed by atoms with E-state index in [-0.39, 0.29) is 18.4 Å². The average molecular weight is 408 g/mol. The van der Waals surface area contributed by atoms with E-state index < -0.39 is 0 Å². The molecule has 1 aromatic carbocycles. The summed E-state index contributed by atoms with van der Waals surface area (Å²) >= 11 is 3.53. The van der Waals surface area contributed by atoms with E-state index in [1.807, 2.05) is 18.3 Å². The number of imidazole rings is 1.